The summed E-state index contributed by atoms with van der Waals surface area (Å²) in [4.78, 5) is 14.2. The van der Waals surface area contributed by atoms with Crippen LogP contribution in [0.2, 0.25) is 0 Å². The average Bonchev–Trinajstić information content (AvgIpc) is 2.93. The van der Waals surface area contributed by atoms with Gasteiger partial charge in [0.2, 0.25) is 11.6 Å². The van der Waals surface area contributed by atoms with Gasteiger partial charge in [-0.3, -0.25) is 4.79 Å². The highest BCUT2D eigenvalue weighted by molar-refractivity contribution is 7.98. The molecule has 2 aromatic rings. The molecule has 1 aromatic heterocycles. The lowest BCUT2D eigenvalue weighted by Gasteiger charge is -2.34. The van der Waals surface area contributed by atoms with E-state index in [2.05, 4.69) is 59.1 Å². The number of benzene rings is 1. The SMILES string of the molecule is CSc1ccc(C2Nc3nonc3NC3=C2C(=O)CC(C)(C)C3)cc1. The fraction of sp³-hybridized carbons (Fsp3) is 0.389. The first kappa shape index (κ1) is 16.2. The normalized spacial score (nSPS) is 21.7. The second-order valence-electron chi connectivity index (χ2n) is 7.27. The third-order valence-electron chi connectivity index (χ3n) is 4.70. The number of carbonyl (C=O) groups is 1. The molecule has 0 fully saturated rings. The molecule has 0 amide bonds. The van der Waals surface area contributed by atoms with Crippen LogP contribution in [0.1, 0.15) is 38.3 Å². The first-order valence-corrected chi connectivity index (χ1v) is 9.46. The van der Waals surface area contributed by atoms with Gasteiger partial charge in [0, 0.05) is 22.6 Å². The number of allylic oxidation sites excluding steroid dienone is 1. The van der Waals surface area contributed by atoms with Crippen LogP contribution in [0.5, 0.6) is 0 Å². The Labute approximate surface area is 150 Å². The third-order valence-corrected chi connectivity index (χ3v) is 5.44. The second kappa shape index (κ2) is 5.91. The summed E-state index contributed by atoms with van der Waals surface area (Å²) < 4.78 is 4.87. The summed E-state index contributed by atoms with van der Waals surface area (Å²) in [5.74, 6) is 1.22. The molecule has 2 N–H and O–H groups in total. The average molecular weight is 356 g/mol. The van der Waals surface area contributed by atoms with E-state index in [1.165, 1.54) is 4.90 Å². The summed E-state index contributed by atoms with van der Waals surface area (Å²) in [6, 6.07) is 7.98. The monoisotopic (exact) mass is 356 g/mol. The minimum atomic E-state index is -0.268. The summed E-state index contributed by atoms with van der Waals surface area (Å²) >= 11 is 1.69. The van der Waals surface area contributed by atoms with Gasteiger partial charge in [0.15, 0.2) is 5.78 Å². The number of fused-ring (bicyclic) bond motifs is 1. The molecule has 2 heterocycles. The number of carbonyl (C=O) groups excluding carboxylic acids is 1. The minimum absolute atomic E-state index is 0.0855. The molecule has 4 rings (SSSR count). The molecule has 1 aromatic carbocycles. The van der Waals surface area contributed by atoms with Crippen molar-refractivity contribution < 1.29 is 9.42 Å². The fourth-order valence-corrected chi connectivity index (χ4v) is 3.95. The lowest BCUT2D eigenvalue weighted by molar-refractivity contribution is -0.118. The summed E-state index contributed by atoms with van der Waals surface area (Å²) in [6.45, 7) is 4.22. The van der Waals surface area contributed by atoms with E-state index < -0.39 is 0 Å². The van der Waals surface area contributed by atoms with Crippen LogP contribution in [0.4, 0.5) is 11.6 Å². The van der Waals surface area contributed by atoms with Crippen molar-refractivity contribution in [3.05, 3.63) is 41.1 Å². The van der Waals surface area contributed by atoms with Crippen molar-refractivity contribution >= 4 is 29.2 Å². The van der Waals surface area contributed by atoms with Crippen LogP contribution >= 0.6 is 11.8 Å². The Morgan fingerprint density at radius 1 is 1.16 bits per heavy atom. The smallest absolute Gasteiger partial charge is 0.219 e. The lowest BCUT2D eigenvalue weighted by atomic mass is 9.73. The van der Waals surface area contributed by atoms with E-state index >= 15 is 0 Å². The molecular formula is C18H20N4O2S. The number of nitrogens with zero attached hydrogens (tertiary/aromatic N) is 2. The van der Waals surface area contributed by atoms with Gasteiger partial charge in [-0.05, 0) is 46.1 Å². The standard InChI is InChI=1S/C18H20N4O2S/c1-18(2)8-12-14(13(23)9-18)15(10-4-6-11(25-3)7-5-10)20-17-16(19-12)21-24-22-17/h4-7,15H,8-9H2,1-3H3,(H,19,21)(H,20,22). The van der Waals surface area contributed by atoms with Crippen LogP contribution in [0, 0.1) is 5.41 Å². The van der Waals surface area contributed by atoms with Gasteiger partial charge in [0.1, 0.15) is 0 Å². The van der Waals surface area contributed by atoms with Crippen LogP contribution in [0.3, 0.4) is 0 Å². The molecule has 2 aliphatic rings. The molecule has 0 bridgehead atoms. The number of ketones is 1. The number of hydrogen-bond acceptors (Lipinski definition) is 7. The van der Waals surface area contributed by atoms with Gasteiger partial charge in [-0.2, -0.15) is 0 Å². The number of Topliss-reactive ketones (excluding diaryl/α,β-unsaturated/α-hetero) is 1. The Morgan fingerprint density at radius 2 is 1.88 bits per heavy atom. The molecular weight excluding hydrogens is 336 g/mol. The van der Waals surface area contributed by atoms with E-state index in [1.54, 1.807) is 11.8 Å². The van der Waals surface area contributed by atoms with Gasteiger partial charge in [0.25, 0.3) is 0 Å². The first-order chi connectivity index (χ1) is 12.0. The number of aromatic nitrogens is 2. The van der Waals surface area contributed by atoms with Gasteiger partial charge in [-0.25, -0.2) is 4.63 Å². The summed E-state index contributed by atoms with van der Waals surface area (Å²) in [5.41, 5.74) is 2.62. The molecule has 6 nitrogen and oxygen atoms in total. The summed E-state index contributed by atoms with van der Waals surface area (Å²) in [7, 11) is 0. The third kappa shape index (κ3) is 2.93. The molecule has 1 aliphatic carbocycles. The summed E-state index contributed by atoms with van der Waals surface area (Å²) in [6.07, 6.45) is 3.36. The van der Waals surface area contributed by atoms with Gasteiger partial charge >= 0.3 is 0 Å². The van der Waals surface area contributed by atoms with Crippen LogP contribution in [0.15, 0.2) is 45.1 Å². The Balaban J connectivity index is 1.83. The van der Waals surface area contributed by atoms with Crippen molar-refractivity contribution in [2.45, 2.75) is 37.6 Å². The number of thioether (sulfide) groups is 1. The highest BCUT2D eigenvalue weighted by Crippen LogP contribution is 2.44. The highest BCUT2D eigenvalue weighted by Gasteiger charge is 2.39. The zero-order valence-corrected chi connectivity index (χ0v) is 15.2. The zero-order valence-electron chi connectivity index (χ0n) is 14.4. The topological polar surface area (TPSA) is 80.1 Å². The van der Waals surface area contributed by atoms with Crippen LogP contribution < -0.4 is 10.6 Å². The largest absolute Gasteiger partial charge is 0.353 e. The van der Waals surface area contributed by atoms with Crippen molar-refractivity contribution in [3.63, 3.8) is 0 Å². The van der Waals surface area contributed by atoms with E-state index in [1.807, 2.05) is 6.26 Å². The Bertz CT molecular complexity index is 854. The molecule has 0 radical (unpaired) electrons. The van der Waals surface area contributed by atoms with Crippen LogP contribution in [-0.4, -0.2) is 22.4 Å². The van der Waals surface area contributed by atoms with E-state index in [9.17, 15) is 4.79 Å². The molecule has 0 saturated carbocycles. The van der Waals surface area contributed by atoms with Gasteiger partial charge in [0.05, 0.1) is 6.04 Å². The highest BCUT2D eigenvalue weighted by atomic mass is 32.2. The number of hydrogen-bond donors (Lipinski definition) is 2. The first-order valence-electron chi connectivity index (χ1n) is 8.23. The number of nitrogens with one attached hydrogen (secondary N) is 2. The zero-order chi connectivity index (χ0) is 17.6. The molecule has 130 valence electrons. The van der Waals surface area contributed by atoms with Gasteiger partial charge in [-0.15, -0.1) is 11.8 Å². The quantitative estimate of drug-likeness (QED) is 0.787. The van der Waals surface area contributed by atoms with Crippen molar-refractivity contribution in [2.75, 3.05) is 16.9 Å². The second-order valence-corrected chi connectivity index (χ2v) is 8.15. The molecule has 25 heavy (non-hydrogen) atoms. The Morgan fingerprint density at radius 3 is 2.60 bits per heavy atom. The molecule has 7 heteroatoms. The van der Waals surface area contributed by atoms with Crippen molar-refractivity contribution in [1.29, 1.82) is 0 Å². The molecule has 1 atom stereocenters. The number of rotatable bonds is 2. The predicted molar refractivity (Wildman–Crippen MR) is 97.6 cm³/mol. The number of anilines is 2. The van der Waals surface area contributed by atoms with Crippen LogP contribution in [-0.2, 0) is 4.79 Å². The molecule has 1 aliphatic heterocycles. The summed E-state index contributed by atoms with van der Waals surface area (Å²) in [5, 5.41) is 14.5. The lowest BCUT2D eigenvalue weighted by Crippen LogP contribution is -2.31. The van der Waals surface area contributed by atoms with Gasteiger partial charge in [-0.1, -0.05) is 26.0 Å². The minimum Gasteiger partial charge on any atom is -0.353 e. The van der Waals surface area contributed by atoms with E-state index in [4.69, 9.17) is 4.63 Å². The van der Waals surface area contributed by atoms with Crippen molar-refractivity contribution in [3.8, 4) is 0 Å². The maximum absolute atomic E-state index is 13.0. The molecule has 0 spiro atoms. The van der Waals surface area contributed by atoms with Crippen molar-refractivity contribution in [1.82, 2.24) is 10.3 Å². The van der Waals surface area contributed by atoms with Crippen LogP contribution in [0.25, 0.3) is 0 Å². The fourth-order valence-electron chi connectivity index (χ4n) is 3.54. The maximum atomic E-state index is 13.0. The van der Waals surface area contributed by atoms with E-state index in [0.717, 1.165) is 23.3 Å². The maximum Gasteiger partial charge on any atom is 0.219 e. The molecule has 0 saturated heterocycles. The van der Waals surface area contributed by atoms with E-state index in [0.29, 0.717) is 18.1 Å². The Kier molecular flexibility index (Phi) is 3.83. The van der Waals surface area contributed by atoms with Gasteiger partial charge < -0.3 is 10.6 Å². The Hall–Kier alpha value is -2.28. The van der Waals surface area contributed by atoms with Crippen molar-refractivity contribution in [2.24, 2.45) is 5.41 Å². The predicted octanol–water partition coefficient (Wildman–Crippen LogP) is 4.01. The molecule has 1 unspecified atom stereocenters. The van der Waals surface area contributed by atoms with E-state index in [-0.39, 0.29) is 17.2 Å².